The monoisotopic (exact) mass is 334 g/mol. The van der Waals surface area contributed by atoms with Gasteiger partial charge in [0.25, 0.3) is 0 Å². The molecule has 8 nitrogen and oxygen atoms in total. The van der Waals surface area contributed by atoms with Crippen molar-refractivity contribution in [3.63, 3.8) is 0 Å². The van der Waals surface area contributed by atoms with Gasteiger partial charge in [-0.05, 0) is 0 Å². The van der Waals surface area contributed by atoms with Gasteiger partial charge in [-0.3, -0.25) is 19.2 Å². The standard InChI is InChI=1S/C13H18O8S/c1-18-8(14)12(9(15)19-2)5-13(7-22-6-12,10(16)20-3)11(17)21-4/h5-7H2,1-4H3. The Morgan fingerprint density at radius 2 is 0.955 bits per heavy atom. The fourth-order valence-electron chi connectivity index (χ4n) is 2.49. The lowest BCUT2D eigenvalue weighted by molar-refractivity contribution is -0.178. The SMILES string of the molecule is COC(=O)C1(C(=O)OC)CSCC(C(=O)OC)(C(=O)OC)C1. The van der Waals surface area contributed by atoms with Gasteiger partial charge in [-0.2, -0.15) is 11.8 Å². The zero-order valence-electron chi connectivity index (χ0n) is 12.8. The summed E-state index contributed by atoms with van der Waals surface area (Å²) in [6.45, 7) is 0. The summed E-state index contributed by atoms with van der Waals surface area (Å²) < 4.78 is 18.7. The molecule has 1 aliphatic heterocycles. The van der Waals surface area contributed by atoms with Crippen LogP contribution in [-0.2, 0) is 38.1 Å². The molecule has 0 radical (unpaired) electrons. The van der Waals surface area contributed by atoms with Gasteiger partial charge in [0.05, 0.1) is 28.4 Å². The highest BCUT2D eigenvalue weighted by molar-refractivity contribution is 7.99. The van der Waals surface area contributed by atoms with Crippen LogP contribution in [0.3, 0.4) is 0 Å². The minimum atomic E-state index is -1.77. The van der Waals surface area contributed by atoms with E-state index in [1.165, 1.54) is 0 Å². The minimum absolute atomic E-state index is 0.0298. The van der Waals surface area contributed by atoms with Gasteiger partial charge in [-0.15, -0.1) is 0 Å². The lowest BCUT2D eigenvalue weighted by Gasteiger charge is -2.40. The van der Waals surface area contributed by atoms with Gasteiger partial charge in [-0.25, -0.2) is 0 Å². The molecule has 0 bridgehead atoms. The van der Waals surface area contributed by atoms with E-state index < -0.39 is 41.1 Å². The Labute approximate surface area is 131 Å². The molecule has 0 amide bonds. The molecular weight excluding hydrogens is 316 g/mol. The van der Waals surface area contributed by atoms with Crippen molar-refractivity contribution in [2.45, 2.75) is 6.42 Å². The Bertz CT molecular complexity index is 412. The van der Waals surface area contributed by atoms with Crippen molar-refractivity contribution in [2.75, 3.05) is 39.9 Å². The number of methoxy groups -OCH3 is 4. The molecule has 124 valence electrons. The summed E-state index contributed by atoms with van der Waals surface area (Å²) in [4.78, 5) is 48.6. The molecule has 9 heteroatoms. The van der Waals surface area contributed by atoms with Crippen LogP contribution in [0.5, 0.6) is 0 Å². The molecular formula is C13H18O8S. The lowest BCUT2D eigenvalue weighted by atomic mass is 9.71. The maximum absolute atomic E-state index is 12.2. The Balaban J connectivity index is 3.40. The quantitative estimate of drug-likeness (QED) is 0.392. The summed E-state index contributed by atoms with van der Waals surface area (Å²) in [5, 5.41) is 0. The number of esters is 4. The predicted molar refractivity (Wildman–Crippen MR) is 74.9 cm³/mol. The number of rotatable bonds is 4. The summed E-state index contributed by atoms with van der Waals surface area (Å²) in [6, 6.07) is 0. The summed E-state index contributed by atoms with van der Waals surface area (Å²) in [6.07, 6.45) is -0.425. The van der Waals surface area contributed by atoms with E-state index in [0.717, 1.165) is 40.2 Å². The zero-order chi connectivity index (χ0) is 17.0. The molecule has 1 heterocycles. The smallest absolute Gasteiger partial charge is 0.324 e. The third-order valence-electron chi connectivity index (χ3n) is 3.61. The Hall–Kier alpha value is -1.77. The van der Waals surface area contributed by atoms with Crippen LogP contribution in [-0.4, -0.2) is 63.8 Å². The van der Waals surface area contributed by atoms with E-state index in [1.807, 2.05) is 0 Å². The van der Waals surface area contributed by atoms with Crippen molar-refractivity contribution in [2.24, 2.45) is 10.8 Å². The molecule has 0 atom stereocenters. The van der Waals surface area contributed by atoms with Crippen molar-refractivity contribution in [3.8, 4) is 0 Å². The van der Waals surface area contributed by atoms with E-state index in [0.29, 0.717) is 0 Å². The molecule has 1 fully saturated rings. The van der Waals surface area contributed by atoms with Gasteiger partial charge in [0.15, 0.2) is 10.8 Å². The van der Waals surface area contributed by atoms with Crippen LogP contribution >= 0.6 is 11.8 Å². The fraction of sp³-hybridized carbons (Fsp3) is 0.692. The van der Waals surface area contributed by atoms with E-state index >= 15 is 0 Å². The topological polar surface area (TPSA) is 105 Å². The van der Waals surface area contributed by atoms with Gasteiger partial charge in [0.1, 0.15) is 0 Å². The molecule has 1 rings (SSSR count). The van der Waals surface area contributed by atoms with Crippen molar-refractivity contribution < 1.29 is 38.1 Å². The van der Waals surface area contributed by atoms with Gasteiger partial charge < -0.3 is 18.9 Å². The van der Waals surface area contributed by atoms with Crippen LogP contribution < -0.4 is 0 Å². The van der Waals surface area contributed by atoms with Gasteiger partial charge in [0, 0.05) is 17.9 Å². The second-order valence-corrected chi connectivity index (χ2v) is 5.79. The van der Waals surface area contributed by atoms with Crippen molar-refractivity contribution in [3.05, 3.63) is 0 Å². The molecule has 0 aromatic carbocycles. The number of carbonyl (C=O) groups is 4. The average molecular weight is 334 g/mol. The van der Waals surface area contributed by atoms with Gasteiger partial charge in [0.2, 0.25) is 0 Å². The highest BCUT2D eigenvalue weighted by atomic mass is 32.2. The third kappa shape index (κ3) is 2.77. The number of carbonyl (C=O) groups excluding carboxylic acids is 4. The fourth-order valence-corrected chi connectivity index (χ4v) is 3.96. The molecule has 0 aromatic heterocycles. The maximum atomic E-state index is 12.2. The van der Waals surface area contributed by atoms with Crippen molar-refractivity contribution in [1.82, 2.24) is 0 Å². The molecule has 1 aliphatic rings. The Kier molecular flexibility index (Phi) is 5.81. The van der Waals surface area contributed by atoms with Crippen LogP contribution in [0.4, 0.5) is 0 Å². The lowest BCUT2D eigenvalue weighted by Crippen LogP contribution is -2.56. The van der Waals surface area contributed by atoms with Crippen LogP contribution in [0.2, 0.25) is 0 Å². The summed E-state index contributed by atoms with van der Waals surface area (Å²) in [5.74, 6) is -3.43. The second-order valence-electron chi connectivity index (χ2n) is 4.80. The largest absolute Gasteiger partial charge is 0.468 e. The average Bonchev–Trinajstić information content (AvgIpc) is 2.58. The van der Waals surface area contributed by atoms with E-state index in [4.69, 9.17) is 0 Å². The first-order chi connectivity index (χ1) is 10.3. The first-order valence-corrected chi connectivity index (χ1v) is 7.41. The molecule has 0 aliphatic carbocycles. The third-order valence-corrected chi connectivity index (χ3v) is 5.00. The summed E-state index contributed by atoms with van der Waals surface area (Å²) in [5.41, 5.74) is -3.54. The van der Waals surface area contributed by atoms with E-state index in [9.17, 15) is 19.2 Å². The molecule has 0 aromatic rings. The van der Waals surface area contributed by atoms with E-state index in [2.05, 4.69) is 18.9 Å². The second kappa shape index (κ2) is 6.99. The molecule has 0 spiro atoms. The molecule has 0 unspecified atom stereocenters. The number of ether oxygens (including phenoxy) is 4. The number of hydrogen-bond donors (Lipinski definition) is 0. The predicted octanol–water partition coefficient (Wildman–Crippen LogP) is -0.212. The molecule has 22 heavy (non-hydrogen) atoms. The van der Waals surface area contributed by atoms with E-state index in [-0.39, 0.29) is 11.5 Å². The first-order valence-electron chi connectivity index (χ1n) is 6.26. The summed E-state index contributed by atoms with van der Waals surface area (Å²) in [7, 11) is 4.46. The number of hydrogen-bond acceptors (Lipinski definition) is 9. The summed E-state index contributed by atoms with van der Waals surface area (Å²) >= 11 is 1.08. The normalized spacial score (nSPS) is 18.7. The molecule has 0 N–H and O–H groups in total. The van der Waals surface area contributed by atoms with Gasteiger partial charge >= 0.3 is 23.9 Å². The Morgan fingerprint density at radius 1 is 0.682 bits per heavy atom. The molecule has 1 saturated heterocycles. The van der Waals surface area contributed by atoms with Crippen LogP contribution in [0.25, 0.3) is 0 Å². The van der Waals surface area contributed by atoms with E-state index in [1.54, 1.807) is 0 Å². The maximum Gasteiger partial charge on any atom is 0.324 e. The van der Waals surface area contributed by atoms with Crippen LogP contribution in [0.1, 0.15) is 6.42 Å². The van der Waals surface area contributed by atoms with Crippen molar-refractivity contribution >= 4 is 35.6 Å². The minimum Gasteiger partial charge on any atom is -0.468 e. The van der Waals surface area contributed by atoms with Crippen molar-refractivity contribution in [1.29, 1.82) is 0 Å². The highest BCUT2D eigenvalue weighted by Gasteiger charge is 2.63. The van der Waals surface area contributed by atoms with Crippen LogP contribution in [0.15, 0.2) is 0 Å². The van der Waals surface area contributed by atoms with Crippen LogP contribution in [0, 0.1) is 10.8 Å². The first kappa shape index (κ1) is 18.3. The Morgan fingerprint density at radius 3 is 1.18 bits per heavy atom. The van der Waals surface area contributed by atoms with Gasteiger partial charge in [-0.1, -0.05) is 0 Å². The number of thioether (sulfide) groups is 1. The molecule has 0 saturated carbocycles. The highest BCUT2D eigenvalue weighted by Crippen LogP contribution is 2.47. The zero-order valence-corrected chi connectivity index (χ0v) is 13.6.